The highest BCUT2D eigenvalue weighted by molar-refractivity contribution is 5.98. The van der Waals surface area contributed by atoms with Crippen LogP contribution < -0.4 is 0 Å². The molecule has 1 aliphatic carbocycles. The molecular formula is C18H23NO2. The maximum atomic E-state index is 12.7. The average Bonchev–Trinajstić information content (AvgIpc) is 2.84. The predicted octanol–water partition coefficient (Wildman–Crippen LogP) is 4.39. The van der Waals surface area contributed by atoms with Gasteiger partial charge in [0.1, 0.15) is 5.58 Å². The first-order valence-corrected chi connectivity index (χ1v) is 7.83. The van der Waals surface area contributed by atoms with E-state index < -0.39 is 0 Å². The van der Waals surface area contributed by atoms with Crippen molar-refractivity contribution in [3.8, 4) is 0 Å². The van der Waals surface area contributed by atoms with Crippen molar-refractivity contribution in [1.29, 1.82) is 0 Å². The normalized spacial score (nSPS) is 22.4. The smallest absolute Gasteiger partial charge is 0.289 e. The Morgan fingerprint density at radius 2 is 1.86 bits per heavy atom. The molecule has 1 amide bonds. The van der Waals surface area contributed by atoms with Gasteiger partial charge in [0.2, 0.25) is 0 Å². The molecule has 0 bridgehead atoms. The Kier molecular flexibility index (Phi) is 3.75. The van der Waals surface area contributed by atoms with Gasteiger partial charge in [0.05, 0.1) is 0 Å². The maximum Gasteiger partial charge on any atom is 0.289 e. The molecule has 0 saturated heterocycles. The average molecular weight is 285 g/mol. The fourth-order valence-electron chi connectivity index (χ4n) is 3.33. The van der Waals surface area contributed by atoms with E-state index in [9.17, 15) is 4.79 Å². The number of para-hydroxylation sites is 1. The largest absolute Gasteiger partial charge is 0.451 e. The van der Waals surface area contributed by atoms with E-state index in [1.807, 2.05) is 43.1 Å². The number of carbonyl (C=O) groups excluding carboxylic acids is 1. The van der Waals surface area contributed by atoms with Gasteiger partial charge >= 0.3 is 0 Å². The number of amides is 1. The summed E-state index contributed by atoms with van der Waals surface area (Å²) in [6, 6.07) is 8.19. The van der Waals surface area contributed by atoms with Gasteiger partial charge in [-0.1, -0.05) is 25.1 Å². The minimum atomic E-state index is 0.0169. The van der Waals surface area contributed by atoms with Crippen LogP contribution in [0.5, 0.6) is 0 Å². The molecular weight excluding hydrogens is 262 g/mol. The molecule has 0 atom stereocenters. The van der Waals surface area contributed by atoms with Gasteiger partial charge in [0, 0.05) is 24.0 Å². The number of carbonyl (C=O) groups is 1. The van der Waals surface area contributed by atoms with Gasteiger partial charge in [-0.15, -0.1) is 0 Å². The summed E-state index contributed by atoms with van der Waals surface area (Å²) >= 11 is 0. The molecule has 0 unspecified atom stereocenters. The molecule has 21 heavy (non-hydrogen) atoms. The van der Waals surface area contributed by atoms with E-state index in [-0.39, 0.29) is 5.91 Å². The third-order valence-corrected chi connectivity index (χ3v) is 4.89. The summed E-state index contributed by atoms with van der Waals surface area (Å²) in [5.74, 6) is 1.30. The van der Waals surface area contributed by atoms with E-state index in [1.54, 1.807) is 0 Å². The number of hydrogen-bond acceptors (Lipinski definition) is 2. The number of hydrogen-bond donors (Lipinski definition) is 0. The lowest BCUT2D eigenvalue weighted by Crippen LogP contribution is -2.39. The van der Waals surface area contributed by atoms with Crippen molar-refractivity contribution in [2.75, 3.05) is 7.05 Å². The topological polar surface area (TPSA) is 33.5 Å². The van der Waals surface area contributed by atoms with Crippen molar-refractivity contribution in [2.24, 2.45) is 5.92 Å². The van der Waals surface area contributed by atoms with Crippen molar-refractivity contribution in [1.82, 2.24) is 4.90 Å². The van der Waals surface area contributed by atoms with Gasteiger partial charge in [-0.05, 0) is 44.6 Å². The van der Waals surface area contributed by atoms with Crippen molar-refractivity contribution in [2.45, 2.75) is 45.6 Å². The predicted molar refractivity (Wildman–Crippen MR) is 84.5 cm³/mol. The van der Waals surface area contributed by atoms with Gasteiger partial charge in [-0.3, -0.25) is 4.79 Å². The first-order valence-electron chi connectivity index (χ1n) is 7.83. The van der Waals surface area contributed by atoms with E-state index in [4.69, 9.17) is 4.42 Å². The number of fused-ring (bicyclic) bond motifs is 1. The summed E-state index contributed by atoms with van der Waals surface area (Å²) in [5.41, 5.74) is 1.75. The van der Waals surface area contributed by atoms with E-state index in [0.29, 0.717) is 11.8 Å². The zero-order valence-electron chi connectivity index (χ0n) is 13.1. The summed E-state index contributed by atoms with van der Waals surface area (Å²) in [5, 5.41) is 1.03. The third kappa shape index (κ3) is 2.57. The van der Waals surface area contributed by atoms with Gasteiger partial charge in [0.25, 0.3) is 5.91 Å². The molecule has 3 rings (SSSR count). The molecule has 0 spiro atoms. The Hall–Kier alpha value is -1.77. The molecule has 3 heteroatoms. The molecule has 1 saturated carbocycles. The summed E-state index contributed by atoms with van der Waals surface area (Å²) in [6.45, 7) is 4.26. The zero-order chi connectivity index (χ0) is 15.0. The number of benzene rings is 1. The second-order valence-electron chi connectivity index (χ2n) is 6.38. The molecule has 0 radical (unpaired) electrons. The van der Waals surface area contributed by atoms with Crippen LogP contribution in [0.3, 0.4) is 0 Å². The maximum absolute atomic E-state index is 12.7. The van der Waals surface area contributed by atoms with E-state index in [0.717, 1.165) is 35.3 Å². The van der Waals surface area contributed by atoms with Crippen LogP contribution in [-0.4, -0.2) is 23.9 Å². The second kappa shape index (κ2) is 5.55. The van der Waals surface area contributed by atoms with E-state index in [2.05, 4.69) is 6.92 Å². The number of aryl methyl sites for hydroxylation is 1. The Balaban J connectivity index is 1.84. The Morgan fingerprint density at radius 3 is 2.52 bits per heavy atom. The zero-order valence-corrected chi connectivity index (χ0v) is 13.1. The van der Waals surface area contributed by atoms with Crippen LogP contribution in [0.25, 0.3) is 11.0 Å². The first-order chi connectivity index (χ1) is 10.1. The fourth-order valence-corrected chi connectivity index (χ4v) is 3.33. The number of nitrogens with zero attached hydrogens (tertiary/aromatic N) is 1. The molecule has 3 nitrogen and oxygen atoms in total. The van der Waals surface area contributed by atoms with Crippen LogP contribution in [0.4, 0.5) is 0 Å². The molecule has 1 aliphatic rings. The molecule has 1 aromatic carbocycles. The van der Waals surface area contributed by atoms with Crippen molar-refractivity contribution >= 4 is 16.9 Å². The summed E-state index contributed by atoms with van der Waals surface area (Å²) < 4.78 is 5.80. The van der Waals surface area contributed by atoms with E-state index >= 15 is 0 Å². The minimum absolute atomic E-state index is 0.0169. The second-order valence-corrected chi connectivity index (χ2v) is 6.38. The van der Waals surface area contributed by atoms with Crippen LogP contribution in [0.1, 0.15) is 48.7 Å². The lowest BCUT2D eigenvalue weighted by Gasteiger charge is -2.33. The molecule has 1 fully saturated rings. The highest BCUT2D eigenvalue weighted by Crippen LogP contribution is 2.30. The van der Waals surface area contributed by atoms with Crippen LogP contribution >= 0.6 is 0 Å². The lowest BCUT2D eigenvalue weighted by molar-refractivity contribution is 0.0649. The highest BCUT2D eigenvalue weighted by atomic mass is 16.3. The summed E-state index contributed by atoms with van der Waals surface area (Å²) in [7, 11) is 1.91. The van der Waals surface area contributed by atoms with Crippen molar-refractivity contribution in [3.63, 3.8) is 0 Å². The third-order valence-electron chi connectivity index (χ3n) is 4.89. The number of rotatable bonds is 2. The molecule has 0 N–H and O–H groups in total. The van der Waals surface area contributed by atoms with Crippen LogP contribution in [0.2, 0.25) is 0 Å². The van der Waals surface area contributed by atoms with Gasteiger partial charge in [0.15, 0.2) is 5.76 Å². The molecule has 1 aromatic heterocycles. The minimum Gasteiger partial charge on any atom is -0.451 e. The Morgan fingerprint density at radius 1 is 1.19 bits per heavy atom. The Bertz CT molecular complexity index is 650. The molecule has 1 heterocycles. The summed E-state index contributed by atoms with van der Waals surface area (Å²) in [6.07, 6.45) is 4.62. The molecule has 112 valence electrons. The summed E-state index contributed by atoms with van der Waals surface area (Å²) in [4.78, 5) is 14.6. The van der Waals surface area contributed by atoms with Crippen LogP contribution in [0.15, 0.2) is 28.7 Å². The van der Waals surface area contributed by atoms with Crippen LogP contribution in [-0.2, 0) is 0 Å². The quantitative estimate of drug-likeness (QED) is 0.819. The SMILES string of the molecule is Cc1c(C(=O)N(C)C2CCC(C)CC2)oc2ccccc12. The number of furan rings is 1. The fraction of sp³-hybridized carbons (Fsp3) is 0.500. The van der Waals surface area contributed by atoms with Crippen molar-refractivity contribution < 1.29 is 9.21 Å². The lowest BCUT2D eigenvalue weighted by atomic mass is 9.86. The standard InChI is InChI=1S/C18H23NO2/c1-12-8-10-14(11-9-12)19(3)18(20)17-13(2)15-6-4-5-7-16(15)21-17/h4-7,12,14H,8-11H2,1-3H3. The molecule has 2 aromatic rings. The van der Waals surface area contributed by atoms with Crippen molar-refractivity contribution in [3.05, 3.63) is 35.6 Å². The van der Waals surface area contributed by atoms with Crippen LogP contribution in [0, 0.1) is 12.8 Å². The van der Waals surface area contributed by atoms with Gasteiger partial charge in [-0.2, -0.15) is 0 Å². The highest BCUT2D eigenvalue weighted by Gasteiger charge is 2.28. The first kappa shape index (κ1) is 14.2. The Labute approximate surface area is 125 Å². The van der Waals surface area contributed by atoms with E-state index in [1.165, 1.54) is 12.8 Å². The molecule has 0 aliphatic heterocycles. The van der Waals surface area contributed by atoms with Gasteiger partial charge < -0.3 is 9.32 Å². The van der Waals surface area contributed by atoms with Gasteiger partial charge in [-0.25, -0.2) is 0 Å². The monoisotopic (exact) mass is 285 g/mol.